The van der Waals surface area contributed by atoms with E-state index in [0.717, 1.165) is 0 Å². The van der Waals surface area contributed by atoms with Gasteiger partial charge < -0.3 is 0 Å². The minimum Gasteiger partial charge on any atom is -0.289 e. The molecule has 0 atom stereocenters. The molecule has 5 nitrogen and oxygen atoms in total. The Hall–Kier alpha value is -3.44. The Bertz CT molecular complexity index is 1350. The quantitative estimate of drug-likeness (QED) is 0.485. The van der Waals surface area contributed by atoms with Gasteiger partial charge in [-0.15, -0.1) is 0 Å². The van der Waals surface area contributed by atoms with Crippen LogP contribution in [0.4, 0.5) is 0 Å². The highest BCUT2D eigenvalue weighted by Crippen LogP contribution is 2.31. The summed E-state index contributed by atoms with van der Waals surface area (Å²) in [5.74, 6) is -0.508. The SMILES string of the molecule is O=C1c2ccccc2C(=O)c2c1ccc1c(=O)n(-c3ccccc3Cl)[nH]c21. The van der Waals surface area contributed by atoms with Gasteiger partial charge in [-0.05, 0) is 24.3 Å². The Morgan fingerprint density at radius 3 is 2.15 bits per heavy atom. The average molecular weight is 375 g/mol. The molecule has 1 aliphatic rings. The number of carbonyl (C=O) groups excluding carboxylic acids is 2. The Balaban J connectivity index is 1.85. The lowest BCUT2D eigenvalue weighted by atomic mass is 9.83. The van der Waals surface area contributed by atoms with Gasteiger partial charge in [0.25, 0.3) is 5.56 Å². The molecule has 0 fully saturated rings. The minimum atomic E-state index is -0.333. The third kappa shape index (κ3) is 2.09. The molecule has 0 aliphatic heterocycles. The molecule has 0 saturated carbocycles. The minimum absolute atomic E-state index is 0.221. The molecule has 0 spiro atoms. The van der Waals surface area contributed by atoms with Crippen LogP contribution in [-0.2, 0) is 0 Å². The first-order chi connectivity index (χ1) is 13.1. The predicted octanol–water partition coefficient (Wildman–Crippen LogP) is 3.75. The van der Waals surface area contributed by atoms with E-state index in [4.69, 9.17) is 11.6 Å². The molecule has 4 aromatic rings. The van der Waals surface area contributed by atoms with Gasteiger partial charge in [-0.3, -0.25) is 19.5 Å². The molecule has 3 aromatic carbocycles. The molecule has 0 saturated heterocycles. The molecule has 1 aromatic heterocycles. The number of para-hydroxylation sites is 1. The van der Waals surface area contributed by atoms with Crippen LogP contribution in [0, 0.1) is 0 Å². The fourth-order valence-corrected chi connectivity index (χ4v) is 3.79. The Morgan fingerprint density at radius 2 is 1.41 bits per heavy atom. The summed E-state index contributed by atoms with van der Waals surface area (Å²) in [7, 11) is 0. The van der Waals surface area contributed by atoms with Crippen molar-refractivity contribution in [3.63, 3.8) is 0 Å². The van der Waals surface area contributed by atoms with E-state index in [2.05, 4.69) is 5.10 Å². The summed E-state index contributed by atoms with van der Waals surface area (Å²) in [6, 6.07) is 16.7. The summed E-state index contributed by atoms with van der Waals surface area (Å²) in [6.07, 6.45) is 0. The van der Waals surface area contributed by atoms with Crippen LogP contribution in [0.5, 0.6) is 0 Å². The molecule has 0 bridgehead atoms. The number of carbonyl (C=O) groups is 2. The second-order valence-electron chi connectivity index (χ2n) is 6.32. The summed E-state index contributed by atoms with van der Waals surface area (Å²) >= 11 is 6.22. The highest BCUT2D eigenvalue weighted by Gasteiger charge is 2.32. The number of nitrogens with one attached hydrogen (secondary N) is 1. The van der Waals surface area contributed by atoms with Crippen molar-refractivity contribution in [3.8, 4) is 5.69 Å². The van der Waals surface area contributed by atoms with Crippen LogP contribution in [0.15, 0.2) is 65.5 Å². The number of aromatic amines is 1. The monoisotopic (exact) mass is 374 g/mol. The topological polar surface area (TPSA) is 71.9 Å². The van der Waals surface area contributed by atoms with Gasteiger partial charge in [0.15, 0.2) is 11.6 Å². The van der Waals surface area contributed by atoms with Gasteiger partial charge >= 0.3 is 0 Å². The molecule has 0 radical (unpaired) electrons. The zero-order chi connectivity index (χ0) is 18.7. The van der Waals surface area contributed by atoms with E-state index >= 15 is 0 Å². The smallest absolute Gasteiger partial charge is 0.279 e. The van der Waals surface area contributed by atoms with Crippen molar-refractivity contribution in [1.82, 2.24) is 9.78 Å². The van der Waals surface area contributed by atoms with E-state index in [1.165, 1.54) is 4.68 Å². The van der Waals surface area contributed by atoms with E-state index in [0.29, 0.717) is 38.3 Å². The number of halogens is 1. The standard InChI is InChI=1S/C21H11ClN2O3/c22-15-7-3-4-8-16(15)24-21(27)14-10-9-13-17(18(14)23-24)20(26)12-6-2-1-5-11(12)19(13)25/h1-10,23H. The maximum Gasteiger partial charge on any atom is 0.279 e. The third-order valence-electron chi connectivity index (χ3n) is 4.84. The van der Waals surface area contributed by atoms with Gasteiger partial charge in [0.1, 0.15) is 0 Å². The molecule has 5 rings (SSSR count). The second kappa shape index (κ2) is 5.53. The number of fused-ring (bicyclic) bond motifs is 4. The number of aromatic nitrogens is 2. The first-order valence-corrected chi connectivity index (χ1v) is 8.67. The molecular weight excluding hydrogens is 364 g/mol. The van der Waals surface area contributed by atoms with Crippen LogP contribution >= 0.6 is 11.6 Å². The fraction of sp³-hybridized carbons (Fsp3) is 0. The zero-order valence-corrected chi connectivity index (χ0v) is 14.6. The number of rotatable bonds is 1. The highest BCUT2D eigenvalue weighted by molar-refractivity contribution is 6.33. The Labute approximate surface area is 157 Å². The lowest BCUT2D eigenvalue weighted by Gasteiger charge is -2.17. The summed E-state index contributed by atoms with van der Waals surface area (Å²) < 4.78 is 1.30. The molecule has 6 heteroatoms. The van der Waals surface area contributed by atoms with Crippen LogP contribution in [0.25, 0.3) is 16.6 Å². The predicted molar refractivity (Wildman–Crippen MR) is 102 cm³/mol. The maximum atomic E-state index is 13.1. The number of hydrogen-bond acceptors (Lipinski definition) is 3. The van der Waals surface area contributed by atoms with Crippen molar-refractivity contribution in [2.45, 2.75) is 0 Å². The lowest BCUT2D eigenvalue weighted by molar-refractivity contribution is 0.0980. The van der Waals surface area contributed by atoms with Crippen LogP contribution in [-0.4, -0.2) is 21.3 Å². The van der Waals surface area contributed by atoms with Crippen LogP contribution in [0.1, 0.15) is 31.8 Å². The molecule has 27 heavy (non-hydrogen) atoms. The van der Waals surface area contributed by atoms with E-state index in [1.807, 2.05) is 0 Å². The van der Waals surface area contributed by atoms with Crippen molar-refractivity contribution in [2.24, 2.45) is 0 Å². The molecular formula is C21H11ClN2O3. The number of ketones is 2. The summed E-state index contributed by atoms with van der Waals surface area (Å²) in [6.45, 7) is 0. The van der Waals surface area contributed by atoms with Gasteiger partial charge in [0, 0.05) is 16.7 Å². The van der Waals surface area contributed by atoms with Gasteiger partial charge in [-0.1, -0.05) is 48.0 Å². The van der Waals surface area contributed by atoms with Crippen molar-refractivity contribution in [2.75, 3.05) is 0 Å². The normalized spacial score (nSPS) is 12.9. The molecule has 1 aliphatic carbocycles. The third-order valence-corrected chi connectivity index (χ3v) is 5.16. The molecule has 130 valence electrons. The molecule has 0 unspecified atom stereocenters. The lowest BCUT2D eigenvalue weighted by Crippen LogP contribution is -2.21. The van der Waals surface area contributed by atoms with E-state index in [-0.39, 0.29) is 22.7 Å². The molecule has 1 N–H and O–H groups in total. The molecule has 1 heterocycles. The first kappa shape index (κ1) is 15.8. The average Bonchev–Trinajstić information content (AvgIpc) is 3.02. The number of nitrogens with zero attached hydrogens (tertiary/aromatic N) is 1. The van der Waals surface area contributed by atoms with Crippen molar-refractivity contribution >= 4 is 34.1 Å². The summed E-state index contributed by atoms with van der Waals surface area (Å²) in [4.78, 5) is 38.8. The van der Waals surface area contributed by atoms with Gasteiger partial charge in [-0.2, -0.15) is 0 Å². The van der Waals surface area contributed by atoms with Gasteiger partial charge in [0.2, 0.25) is 0 Å². The van der Waals surface area contributed by atoms with Gasteiger partial charge in [0.05, 0.1) is 27.2 Å². The van der Waals surface area contributed by atoms with E-state index in [9.17, 15) is 14.4 Å². The first-order valence-electron chi connectivity index (χ1n) is 8.29. The zero-order valence-electron chi connectivity index (χ0n) is 13.8. The van der Waals surface area contributed by atoms with E-state index < -0.39 is 0 Å². The van der Waals surface area contributed by atoms with Crippen LogP contribution in [0.2, 0.25) is 5.02 Å². The van der Waals surface area contributed by atoms with Crippen LogP contribution in [0.3, 0.4) is 0 Å². The summed E-state index contributed by atoms with van der Waals surface area (Å²) in [5.41, 5.74) is 1.71. The molecule has 0 amide bonds. The highest BCUT2D eigenvalue weighted by atomic mass is 35.5. The number of benzene rings is 3. The maximum absolute atomic E-state index is 13.1. The van der Waals surface area contributed by atoms with Crippen molar-refractivity contribution in [3.05, 3.63) is 98.3 Å². The van der Waals surface area contributed by atoms with Crippen molar-refractivity contribution < 1.29 is 9.59 Å². The van der Waals surface area contributed by atoms with Crippen molar-refractivity contribution in [1.29, 1.82) is 0 Å². The second-order valence-corrected chi connectivity index (χ2v) is 6.73. The largest absolute Gasteiger partial charge is 0.289 e. The van der Waals surface area contributed by atoms with Crippen LogP contribution < -0.4 is 5.56 Å². The van der Waals surface area contributed by atoms with Gasteiger partial charge in [-0.25, -0.2) is 4.68 Å². The number of hydrogen-bond donors (Lipinski definition) is 1. The number of H-pyrrole nitrogens is 1. The summed E-state index contributed by atoms with van der Waals surface area (Å²) in [5, 5.41) is 3.70. The fourth-order valence-electron chi connectivity index (χ4n) is 3.57. The Morgan fingerprint density at radius 1 is 0.741 bits per heavy atom. The van der Waals surface area contributed by atoms with E-state index in [1.54, 1.807) is 60.7 Å². The Kier molecular flexibility index (Phi) is 3.23.